The Balaban J connectivity index is 3.21. The number of aliphatic hydroxyl groups is 1. The van der Waals surface area contributed by atoms with Crippen molar-refractivity contribution >= 4 is 38.9 Å². The Labute approximate surface area is 122 Å². The van der Waals surface area contributed by atoms with Crippen LogP contribution in [0.15, 0.2) is 17.0 Å². The minimum absolute atomic E-state index is 0.0575. The van der Waals surface area contributed by atoms with Crippen molar-refractivity contribution < 1.29 is 13.5 Å². The standard InChI is InChI=1S/C11H16Cl2N2O3S/c1-6(2)10(5-16)15-19(17,18)11-8(12)3-7(14)4-9(11)13/h3-4,6,10,15-16H,5,14H2,1-2H3/t10-/m1/s1. The maximum Gasteiger partial charge on any atom is 0.243 e. The first-order valence-electron chi connectivity index (χ1n) is 5.56. The summed E-state index contributed by atoms with van der Waals surface area (Å²) in [6, 6.07) is 2.01. The molecule has 8 heteroatoms. The lowest BCUT2D eigenvalue weighted by Crippen LogP contribution is -2.41. The zero-order valence-electron chi connectivity index (χ0n) is 10.5. The van der Waals surface area contributed by atoms with Gasteiger partial charge < -0.3 is 10.8 Å². The molecule has 0 amide bonds. The number of benzene rings is 1. The summed E-state index contributed by atoms with van der Waals surface area (Å²) in [6.45, 7) is 3.26. The minimum Gasteiger partial charge on any atom is -0.399 e. The number of hydrogen-bond acceptors (Lipinski definition) is 4. The number of nitrogen functional groups attached to an aromatic ring is 1. The maximum absolute atomic E-state index is 12.2. The lowest BCUT2D eigenvalue weighted by molar-refractivity contribution is 0.227. The molecule has 0 aliphatic carbocycles. The van der Waals surface area contributed by atoms with Gasteiger partial charge in [-0.2, -0.15) is 0 Å². The predicted octanol–water partition coefficient (Wildman–Crippen LogP) is 1.87. The van der Waals surface area contributed by atoms with Crippen LogP contribution in [-0.2, 0) is 10.0 Å². The second kappa shape index (κ2) is 6.28. The lowest BCUT2D eigenvalue weighted by atomic mass is 10.1. The molecule has 5 nitrogen and oxygen atoms in total. The molecule has 108 valence electrons. The van der Waals surface area contributed by atoms with Crippen molar-refractivity contribution in [3.8, 4) is 0 Å². The molecule has 0 spiro atoms. The quantitative estimate of drug-likeness (QED) is 0.720. The van der Waals surface area contributed by atoms with Gasteiger partial charge in [-0.3, -0.25) is 0 Å². The number of sulfonamides is 1. The van der Waals surface area contributed by atoms with Crippen LogP contribution in [0, 0.1) is 5.92 Å². The van der Waals surface area contributed by atoms with Gasteiger partial charge in [0.05, 0.1) is 16.7 Å². The van der Waals surface area contributed by atoms with E-state index in [2.05, 4.69) is 4.72 Å². The van der Waals surface area contributed by atoms with Crippen LogP contribution in [0.2, 0.25) is 10.0 Å². The predicted molar refractivity (Wildman–Crippen MR) is 76.9 cm³/mol. The van der Waals surface area contributed by atoms with Gasteiger partial charge in [0.2, 0.25) is 10.0 Å². The molecule has 1 atom stereocenters. The molecular weight excluding hydrogens is 311 g/mol. The van der Waals surface area contributed by atoms with Crippen LogP contribution in [0.4, 0.5) is 5.69 Å². The van der Waals surface area contributed by atoms with E-state index in [9.17, 15) is 13.5 Å². The van der Waals surface area contributed by atoms with E-state index in [0.29, 0.717) is 0 Å². The van der Waals surface area contributed by atoms with Gasteiger partial charge in [-0.15, -0.1) is 0 Å². The second-order valence-corrected chi connectivity index (χ2v) is 6.93. The summed E-state index contributed by atoms with van der Waals surface area (Å²) in [6.07, 6.45) is 0. The van der Waals surface area contributed by atoms with Gasteiger partial charge >= 0.3 is 0 Å². The summed E-state index contributed by atoms with van der Waals surface area (Å²) >= 11 is 11.8. The number of halogens is 2. The van der Waals surface area contributed by atoms with Crippen LogP contribution in [0.25, 0.3) is 0 Å². The van der Waals surface area contributed by atoms with E-state index >= 15 is 0 Å². The first-order valence-corrected chi connectivity index (χ1v) is 7.80. The normalized spacial score (nSPS) is 13.8. The number of nitrogens with one attached hydrogen (secondary N) is 1. The lowest BCUT2D eigenvalue weighted by Gasteiger charge is -2.20. The van der Waals surface area contributed by atoms with Crippen LogP contribution in [-0.4, -0.2) is 26.2 Å². The third kappa shape index (κ3) is 3.97. The zero-order valence-corrected chi connectivity index (χ0v) is 12.9. The Morgan fingerprint density at radius 2 is 1.79 bits per heavy atom. The molecule has 1 rings (SSSR count). The zero-order chi connectivity index (χ0) is 14.8. The summed E-state index contributed by atoms with van der Waals surface area (Å²) in [4.78, 5) is -0.232. The Kier molecular flexibility index (Phi) is 5.46. The SMILES string of the molecule is CC(C)[C@@H](CO)NS(=O)(=O)c1c(Cl)cc(N)cc1Cl. The van der Waals surface area contributed by atoms with Gasteiger partial charge in [0.25, 0.3) is 0 Å². The Bertz CT molecular complexity index is 538. The molecule has 4 N–H and O–H groups in total. The van der Waals surface area contributed by atoms with E-state index in [-0.39, 0.29) is 33.2 Å². The molecule has 0 unspecified atom stereocenters. The molecule has 19 heavy (non-hydrogen) atoms. The van der Waals surface area contributed by atoms with Crippen LogP contribution in [0.1, 0.15) is 13.8 Å². The van der Waals surface area contributed by atoms with Gasteiger partial charge in [0, 0.05) is 11.7 Å². The summed E-state index contributed by atoms with van der Waals surface area (Å²) in [5.41, 5.74) is 5.80. The number of rotatable bonds is 5. The van der Waals surface area contributed by atoms with Crippen molar-refractivity contribution in [2.75, 3.05) is 12.3 Å². The third-order valence-corrected chi connectivity index (χ3v) is 5.01. The summed E-state index contributed by atoms with van der Waals surface area (Å²) < 4.78 is 26.8. The Hall–Kier alpha value is -0.530. The Morgan fingerprint density at radius 1 is 1.32 bits per heavy atom. The van der Waals surface area contributed by atoms with E-state index in [0.717, 1.165) is 0 Å². The van der Waals surface area contributed by atoms with Crippen molar-refractivity contribution in [1.82, 2.24) is 4.72 Å². The molecule has 0 bridgehead atoms. The number of anilines is 1. The van der Waals surface area contributed by atoms with Gasteiger partial charge in [0.1, 0.15) is 4.90 Å². The molecule has 1 aromatic carbocycles. The molecule has 0 radical (unpaired) electrons. The summed E-state index contributed by atoms with van der Waals surface area (Å²) in [5.74, 6) is -0.0777. The van der Waals surface area contributed by atoms with Crippen LogP contribution < -0.4 is 10.5 Å². The molecule has 0 saturated carbocycles. The highest BCUT2D eigenvalue weighted by molar-refractivity contribution is 7.89. The minimum atomic E-state index is -3.92. The average Bonchev–Trinajstić information content (AvgIpc) is 2.23. The summed E-state index contributed by atoms with van der Waals surface area (Å²) in [5, 5.41) is 9.06. The van der Waals surface area contributed by atoms with E-state index < -0.39 is 16.1 Å². The van der Waals surface area contributed by atoms with Crippen molar-refractivity contribution in [3.63, 3.8) is 0 Å². The second-order valence-electron chi connectivity index (χ2n) is 4.47. The molecule has 0 aliphatic rings. The van der Waals surface area contributed by atoms with Gasteiger partial charge in [0.15, 0.2) is 0 Å². The van der Waals surface area contributed by atoms with Gasteiger partial charge in [-0.05, 0) is 18.1 Å². The number of aliphatic hydroxyl groups excluding tert-OH is 1. The van der Waals surface area contributed by atoms with Crippen LogP contribution in [0.3, 0.4) is 0 Å². The molecule has 0 aromatic heterocycles. The van der Waals surface area contributed by atoms with E-state index in [4.69, 9.17) is 28.9 Å². The van der Waals surface area contributed by atoms with E-state index in [1.807, 2.05) is 0 Å². The van der Waals surface area contributed by atoms with Gasteiger partial charge in [-0.1, -0.05) is 37.0 Å². The topological polar surface area (TPSA) is 92.4 Å². The van der Waals surface area contributed by atoms with Crippen molar-refractivity contribution in [1.29, 1.82) is 0 Å². The average molecular weight is 327 g/mol. The molecule has 0 heterocycles. The third-order valence-electron chi connectivity index (χ3n) is 2.60. The van der Waals surface area contributed by atoms with Crippen molar-refractivity contribution in [2.45, 2.75) is 24.8 Å². The smallest absolute Gasteiger partial charge is 0.243 e. The van der Waals surface area contributed by atoms with Crippen molar-refractivity contribution in [2.24, 2.45) is 5.92 Å². The highest BCUT2D eigenvalue weighted by Crippen LogP contribution is 2.32. The highest BCUT2D eigenvalue weighted by atomic mass is 35.5. The van der Waals surface area contributed by atoms with Crippen molar-refractivity contribution in [3.05, 3.63) is 22.2 Å². The fourth-order valence-corrected chi connectivity index (χ4v) is 4.09. The first kappa shape index (κ1) is 16.5. The largest absolute Gasteiger partial charge is 0.399 e. The monoisotopic (exact) mass is 326 g/mol. The highest BCUT2D eigenvalue weighted by Gasteiger charge is 2.26. The van der Waals surface area contributed by atoms with Crippen LogP contribution >= 0.6 is 23.2 Å². The van der Waals surface area contributed by atoms with Crippen LogP contribution in [0.5, 0.6) is 0 Å². The number of nitrogens with two attached hydrogens (primary N) is 1. The fourth-order valence-electron chi connectivity index (χ4n) is 1.48. The molecule has 1 aromatic rings. The first-order chi connectivity index (χ1) is 8.69. The molecule has 0 aliphatic heterocycles. The molecule has 0 saturated heterocycles. The molecular formula is C11H16Cl2N2O3S. The summed E-state index contributed by atoms with van der Waals surface area (Å²) in [7, 11) is -3.92. The van der Waals surface area contributed by atoms with E-state index in [1.165, 1.54) is 12.1 Å². The van der Waals surface area contributed by atoms with Gasteiger partial charge in [-0.25, -0.2) is 13.1 Å². The van der Waals surface area contributed by atoms with E-state index in [1.54, 1.807) is 13.8 Å². The fraction of sp³-hybridized carbons (Fsp3) is 0.455. The Morgan fingerprint density at radius 3 is 2.16 bits per heavy atom. The maximum atomic E-state index is 12.2. The number of hydrogen-bond donors (Lipinski definition) is 3. The molecule has 0 fully saturated rings.